The van der Waals surface area contributed by atoms with E-state index in [0.717, 1.165) is 13.1 Å². The summed E-state index contributed by atoms with van der Waals surface area (Å²) in [5.74, 6) is 0.640. The minimum atomic E-state index is 0.285. The maximum absolute atomic E-state index is 2.56. The molecule has 0 spiro atoms. The van der Waals surface area contributed by atoms with E-state index in [9.17, 15) is 0 Å². The molecule has 0 amide bonds. The molecule has 1 aromatic rings. The first kappa shape index (κ1) is 11.7. The Bertz CT molecular complexity index is 369. The van der Waals surface area contributed by atoms with Crippen LogP contribution in [0.25, 0.3) is 0 Å². The van der Waals surface area contributed by atoms with Gasteiger partial charge in [0.15, 0.2) is 0 Å². The molecule has 0 atom stereocenters. The van der Waals surface area contributed by atoms with E-state index in [-0.39, 0.29) is 5.54 Å². The lowest BCUT2D eigenvalue weighted by Crippen LogP contribution is -2.45. The van der Waals surface area contributed by atoms with Gasteiger partial charge in [0.2, 0.25) is 0 Å². The molecule has 0 fully saturated rings. The van der Waals surface area contributed by atoms with Crippen LogP contribution < -0.4 is 0 Å². The largest absolute Gasteiger partial charge is 0.349 e. The lowest BCUT2D eigenvalue weighted by molar-refractivity contribution is 0.103. The SMILES string of the molecule is CC(C)c1cc2n(c1)CCN(C(C)(C)C)C2. The topological polar surface area (TPSA) is 8.17 Å². The van der Waals surface area contributed by atoms with Crippen molar-refractivity contribution in [1.29, 1.82) is 0 Å². The van der Waals surface area contributed by atoms with Crippen molar-refractivity contribution in [3.05, 3.63) is 23.5 Å². The van der Waals surface area contributed by atoms with Crippen molar-refractivity contribution in [3.8, 4) is 0 Å². The zero-order valence-corrected chi connectivity index (χ0v) is 11.2. The van der Waals surface area contributed by atoms with E-state index in [0.29, 0.717) is 5.92 Å². The molecule has 0 saturated heterocycles. The maximum atomic E-state index is 2.56. The molecule has 2 heterocycles. The molecule has 0 N–H and O–H groups in total. The number of rotatable bonds is 1. The van der Waals surface area contributed by atoms with Gasteiger partial charge in [-0.25, -0.2) is 0 Å². The summed E-state index contributed by atoms with van der Waals surface area (Å²) in [6.45, 7) is 14.8. The third-order valence-electron chi connectivity index (χ3n) is 3.59. The van der Waals surface area contributed by atoms with Crippen LogP contribution >= 0.6 is 0 Å². The monoisotopic (exact) mass is 220 g/mol. The minimum absolute atomic E-state index is 0.285. The first-order valence-corrected chi connectivity index (χ1v) is 6.32. The van der Waals surface area contributed by atoms with Crippen molar-refractivity contribution >= 4 is 0 Å². The molecule has 0 radical (unpaired) electrons. The lowest BCUT2D eigenvalue weighted by Gasteiger charge is -2.38. The van der Waals surface area contributed by atoms with E-state index in [1.807, 2.05) is 0 Å². The fourth-order valence-corrected chi connectivity index (χ4v) is 2.31. The molecule has 0 aliphatic carbocycles. The summed E-state index contributed by atoms with van der Waals surface area (Å²) >= 11 is 0. The molecule has 0 aromatic carbocycles. The van der Waals surface area contributed by atoms with Crippen LogP contribution in [0.4, 0.5) is 0 Å². The molecule has 0 bridgehead atoms. The summed E-state index contributed by atoms with van der Waals surface area (Å²) in [5.41, 5.74) is 3.24. The molecule has 0 unspecified atom stereocenters. The average molecular weight is 220 g/mol. The Morgan fingerprint density at radius 3 is 2.44 bits per heavy atom. The van der Waals surface area contributed by atoms with Crippen molar-refractivity contribution in [3.63, 3.8) is 0 Å². The second kappa shape index (κ2) is 3.92. The normalized spacial score (nSPS) is 17.9. The van der Waals surface area contributed by atoms with Gasteiger partial charge in [-0.2, -0.15) is 0 Å². The number of aromatic nitrogens is 1. The van der Waals surface area contributed by atoms with Crippen LogP contribution in [0, 0.1) is 0 Å². The smallest absolute Gasteiger partial charge is 0.0393 e. The molecule has 1 aliphatic heterocycles. The third-order valence-corrected chi connectivity index (χ3v) is 3.59. The van der Waals surface area contributed by atoms with Gasteiger partial charge >= 0.3 is 0 Å². The Kier molecular flexibility index (Phi) is 2.87. The molecule has 1 aromatic heterocycles. The fourth-order valence-electron chi connectivity index (χ4n) is 2.31. The molecule has 2 heteroatoms. The van der Waals surface area contributed by atoms with Crippen LogP contribution in [0.3, 0.4) is 0 Å². The Balaban J connectivity index is 2.21. The van der Waals surface area contributed by atoms with Gasteiger partial charge in [-0.3, -0.25) is 4.90 Å². The summed E-state index contributed by atoms with van der Waals surface area (Å²) in [4.78, 5) is 2.56. The van der Waals surface area contributed by atoms with E-state index in [1.54, 1.807) is 0 Å². The van der Waals surface area contributed by atoms with Crippen molar-refractivity contribution in [1.82, 2.24) is 9.47 Å². The summed E-state index contributed by atoms with van der Waals surface area (Å²) < 4.78 is 2.43. The summed E-state index contributed by atoms with van der Waals surface area (Å²) in [6, 6.07) is 2.38. The van der Waals surface area contributed by atoms with Crippen LogP contribution in [-0.2, 0) is 13.1 Å². The molecule has 1 aliphatic rings. The Labute approximate surface area is 99.3 Å². The van der Waals surface area contributed by atoms with Crippen molar-refractivity contribution in [2.45, 2.75) is 59.2 Å². The number of hydrogen-bond acceptors (Lipinski definition) is 1. The molecular formula is C14H24N2. The summed E-state index contributed by atoms with van der Waals surface area (Å²) in [5, 5.41) is 0. The molecule has 2 nitrogen and oxygen atoms in total. The first-order valence-electron chi connectivity index (χ1n) is 6.32. The number of hydrogen-bond donors (Lipinski definition) is 0. The predicted octanol–water partition coefficient (Wildman–Crippen LogP) is 3.23. The first-order chi connectivity index (χ1) is 7.38. The van der Waals surface area contributed by atoms with Gasteiger partial charge in [0, 0.05) is 37.1 Å². The van der Waals surface area contributed by atoms with E-state index in [1.165, 1.54) is 17.8 Å². The maximum Gasteiger partial charge on any atom is 0.0393 e. The van der Waals surface area contributed by atoms with Gasteiger partial charge in [0.25, 0.3) is 0 Å². The standard InChI is InChI=1S/C14H24N2/c1-11(2)12-8-13-10-16(14(3,4)5)7-6-15(13)9-12/h8-9,11H,6-7,10H2,1-5H3. The Morgan fingerprint density at radius 2 is 1.88 bits per heavy atom. The van der Waals surface area contributed by atoms with E-state index in [2.05, 4.69) is 56.3 Å². The quantitative estimate of drug-likeness (QED) is 0.705. The van der Waals surface area contributed by atoms with Crippen LogP contribution in [0.5, 0.6) is 0 Å². The third kappa shape index (κ3) is 2.17. The Hall–Kier alpha value is -0.760. The van der Waals surface area contributed by atoms with Crippen LogP contribution in [-0.4, -0.2) is 21.6 Å². The lowest BCUT2D eigenvalue weighted by atomic mass is 10.0. The van der Waals surface area contributed by atoms with E-state index in [4.69, 9.17) is 0 Å². The summed E-state index contributed by atoms with van der Waals surface area (Å²) in [7, 11) is 0. The van der Waals surface area contributed by atoms with Crippen molar-refractivity contribution in [2.24, 2.45) is 0 Å². The fraction of sp³-hybridized carbons (Fsp3) is 0.714. The highest BCUT2D eigenvalue weighted by Gasteiger charge is 2.26. The Morgan fingerprint density at radius 1 is 1.19 bits per heavy atom. The zero-order valence-electron chi connectivity index (χ0n) is 11.2. The van der Waals surface area contributed by atoms with Gasteiger partial charge in [-0.1, -0.05) is 13.8 Å². The van der Waals surface area contributed by atoms with E-state index >= 15 is 0 Å². The summed E-state index contributed by atoms with van der Waals surface area (Å²) in [6.07, 6.45) is 2.33. The van der Waals surface area contributed by atoms with Gasteiger partial charge in [-0.05, 0) is 38.3 Å². The van der Waals surface area contributed by atoms with Gasteiger partial charge in [0.05, 0.1) is 0 Å². The number of nitrogens with zero attached hydrogens (tertiary/aromatic N) is 2. The highest BCUT2D eigenvalue weighted by molar-refractivity contribution is 5.23. The average Bonchev–Trinajstić information content (AvgIpc) is 2.58. The highest BCUT2D eigenvalue weighted by atomic mass is 15.2. The second-order valence-electron chi connectivity index (χ2n) is 6.21. The van der Waals surface area contributed by atoms with Gasteiger partial charge in [0.1, 0.15) is 0 Å². The van der Waals surface area contributed by atoms with Crippen molar-refractivity contribution < 1.29 is 0 Å². The van der Waals surface area contributed by atoms with Crippen molar-refractivity contribution in [2.75, 3.05) is 6.54 Å². The van der Waals surface area contributed by atoms with E-state index < -0.39 is 0 Å². The number of fused-ring (bicyclic) bond motifs is 1. The minimum Gasteiger partial charge on any atom is -0.349 e. The highest BCUT2D eigenvalue weighted by Crippen LogP contribution is 2.25. The van der Waals surface area contributed by atoms with Gasteiger partial charge < -0.3 is 4.57 Å². The predicted molar refractivity (Wildman–Crippen MR) is 68.7 cm³/mol. The van der Waals surface area contributed by atoms with Gasteiger partial charge in [-0.15, -0.1) is 0 Å². The molecule has 0 saturated carbocycles. The molecule has 2 rings (SSSR count). The molecule has 16 heavy (non-hydrogen) atoms. The molecule has 90 valence electrons. The zero-order chi connectivity index (χ0) is 11.9. The van der Waals surface area contributed by atoms with Crippen LogP contribution in [0.1, 0.15) is 51.8 Å². The second-order valence-corrected chi connectivity index (χ2v) is 6.21. The van der Waals surface area contributed by atoms with Crippen LogP contribution in [0.2, 0.25) is 0 Å². The van der Waals surface area contributed by atoms with Crippen LogP contribution in [0.15, 0.2) is 12.3 Å². The molecular weight excluding hydrogens is 196 g/mol.